The SMILES string of the molecule is CCCCCCCCCCCCCCCCCCCCCCCCCCCCCCCCCCCCCCCCCC/C=C/CCCCCCCCCCC1CC(=O)OCC(CO)(CO)COC1=O. The summed E-state index contributed by atoms with van der Waals surface area (Å²) in [6.45, 7) is 1.20. The van der Waals surface area contributed by atoms with Crippen LogP contribution in [-0.2, 0) is 19.1 Å². The largest absolute Gasteiger partial charge is 0.465 e. The lowest BCUT2D eigenvalue weighted by atomic mass is 9.92. The molecule has 0 aromatic heterocycles. The quantitative estimate of drug-likeness (QED) is 0.0358. The normalized spacial score (nSPS) is 15.4. The molecule has 1 unspecified atom stereocenters. The summed E-state index contributed by atoms with van der Waals surface area (Å²) >= 11 is 0. The molecule has 1 saturated heterocycles. The Hall–Kier alpha value is -1.40. The van der Waals surface area contributed by atoms with E-state index in [1.807, 2.05) is 0 Å². The molecule has 1 aliphatic heterocycles. The summed E-state index contributed by atoms with van der Waals surface area (Å²) < 4.78 is 10.6. The molecule has 0 spiro atoms. The van der Waals surface area contributed by atoms with Gasteiger partial charge in [0.25, 0.3) is 0 Å². The summed E-state index contributed by atoms with van der Waals surface area (Å²) in [4.78, 5) is 24.7. The minimum atomic E-state index is -1.13. The Morgan fingerprint density at radius 3 is 0.899 bits per heavy atom. The number of allylic oxidation sites excluding steroid dienone is 2. The van der Waals surface area contributed by atoms with Crippen LogP contribution in [0.15, 0.2) is 12.2 Å². The van der Waals surface area contributed by atoms with Gasteiger partial charge in [-0.15, -0.1) is 0 Å². The van der Waals surface area contributed by atoms with Crippen molar-refractivity contribution in [1.29, 1.82) is 0 Å². The second-order valence-electron chi connectivity index (χ2n) is 22.4. The van der Waals surface area contributed by atoms with Gasteiger partial charge in [0.15, 0.2) is 0 Å². The number of hydrogen-bond acceptors (Lipinski definition) is 6. The number of cyclic esters (lactones) is 2. The van der Waals surface area contributed by atoms with Crippen LogP contribution in [0.3, 0.4) is 0 Å². The summed E-state index contributed by atoms with van der Waals surface area (Å²) in [5.74, 6) is -1.41. The fourth-order valence-corrected chi connectivity index (χ4v) is 10.4. The van der Waals surface area contributed by atoms with Crippen molar-refractivity contribution in [1.82, 2.24) is 0 Å². The first-order valence-electron chi connectivity index (χ1n) is 31.3. The van der Waals surface area contributed by atoms with Gasteiger partial charge in [-0.3, -0.25) is 9.59 Å². The van der Waals surface area contributed by atoms with Gasteiger partial charge >= 0.3 is 11.9 Å². The van der Waals surface area contributed by atoms with E-state index in [0.29, 0.717) is 6.42 Å². The maximum Gasteiger partial charge on any atom is 0.309 e. The highest BCUT2D eigenvalue weighted by molar-refractivity contribution is 5.80. The standard InChI is InChI=1S/C63H120O6/c1-2-3-4-5-6-7-8-9-10-11-12-13-14-15-16-17-18-19-20-21-22-23-24-25-26-27-28-29-30-31-32-33-34-35-36-37-38-39-40-41-42-43-44-45-46-47-48-49-50-51-52-53-54-60-55-61(66)68-58-63(56-64,57-65)59-69-62(60)67/h43-44,60,64-65H,2-42,45-59H2,1H3/b44-43+. The van der Waals surface area contributed by atoms with E-state index < -0.39 is 36.5 Å². The lowest BCUT2D eigenvalue weighted by Crippen LogP contribution is -2.40. The van der Waals surface area contributed by atoms with Crippen molar-refractivity contribution in [2.75, 3.05) is 26.4 Å². The average molecular weight is 974 g/mol. The lowest BCUT2D eigenvalue weighted by Gasteiger charge is -2.27. The van der Waals surface area contributed by atoms with Crippen molar-refractivity contribution in [2.45, 2.75) is 341 Å². The van der Waals surface area contributed by atoms with Crippen LogP contribution < -0.4 is 0 Å². The van der Waals surface area contributed by atoms with Crippen LogP contribution in [0.5, 0.6) is 0 Å². The van der Waals surface area contributed by atoms with Crippen molar-refractivity contribution < 1.29 is 29.3 Å². The number of rotatable bonds is 54. The lowest BCUT2D eigenvalue weighted by molar-refractivity contribution is -0.155. The number of unbranched alkanes of at least 4 members (excludes halogenated alkanes) is 48. The van der Waals surface area contributed by atoms with E-state index in [1.54, 1.807) is 0 Å². The van der Waals surface area contributed by atoms with Crippen LogP contribution in [0.1, 0.15) is 341 Å². The van der Waals surface area contributed by atoms with E-state index in [-0.39, 0.29) is 19.6 Å². The summed E-state index contributed by atoms with van der Waals surface area (Å²) in [6.07, 6.45) is 75.7. The topological polar surface area (TPSA) is 93.1 Å². The number of aliphatic hydroxyl groups is 2. The molecule has 0 aromatic carbocycles. The molecule has 0 bridgehead atoms. The second-order valence-corrected chi connectivity index (χ2v) is 22.4. The zero-order chi connectivity index (χ0) is 49.7. The molecule has 1 aliphatic rings. The van der Waals surface area contributed by atoms with Crippen LogP contribution in [0.2, 0.25) is 0 Å². The first kappa shape index (κ1) is 65.6. The third-order valence-corrected chi connectivity index (χ3v) is 15.5. The van der Waals surface area contributed by atoms with E-state index in [9.17, 15) is 19.8 Å². The first-order valence-corrected chi connectivity index (χ1v) is 31.3. The van der Waals surface area contributed by atoms with Gasteiger partial charge in [0.1, 0.15) is 13.2 Å². The monoisotopic (exact) mass is 973 g/mol. The number of aliphatic hydroxyl groups excluding tert-OH is 2. The number of hydrogen-bond donors (Lipinski definition) is 2. The predicted molar refractivity (Wildman–Crippen MR) is 297 cm³/mol. The van der Waals surface area contributed by atoms with Crippen LogP contribution >= 0.6 is 0 Å². The summed E-state index contributed by atoms with van der Waals surface area (Å²) in [5.41, 5.74) is -1.13. The van der Waals surface area contributed by atoms with E-state index in [4.69, 9.17) is 9.47 Å². The van der Waals surface area contributed by atoms with Gasteiger partial charge in [0, 0.05) is 0 Å². The minimum Gasteiger partial charge on any atom is -0.465 e. The van der Waals surface area contributed by atoms with Crippen LogP contribution in [-0.4, -0.2) is 48.6 Å². The van der Waals surface area contributed by atoms with Crippen LogP contribution in [0, 0.1) is 11.3 Å². The van der Waals surface area contributed by atoms with Crippen LogP contribution in [0.25, 0.3) is 0 Å². The molecule has 0 aliphatic carbocycles. The molecule has 0 amide bonds. The zero-order valence-electron chi connectivity index (χ0n) is 46.4. The van der Waals surface area contributed by atoms with E-state index in [1.165, 1.54) is 302 Å². The van der Waals surface area contributed by atoms with E-state index >= 15 is 0 Å². The highest BCUT2D eigenvalue weighted by atomic mass is 16.6. The van der Waals surface area contributed by atoms with Gasteiger partial charge in [0.05, 0.1) is 31.0 Å². The Morgan fingerprint density at radius 1 is 0.377 bits per heavy atom. The zero-order valence-corrected chi connectivity index (χ0v) is 46.4. The summed E-state index contributed by atoms with van der Waals surface area (Å²) in [7, 11) is 0. The van der Waals surface area contributed by atoms with E-state index in [0.717, 1.165) is 19.3 Å². The molecule has 408 valence electrons. The molecule has 0 aromatic rings. The highest BCUT2D eigenvalue weighted by Gasteiger charge is 2.36. The number of ether oxygens (including phenoxy) is 2. The molecule has 1 rings (SSSR count). The molecule has 1 heterocycles. The van der Waals surface area contributed by atoms with E-state index in [2.05, 4.69) is 19.1 Å². The minimum absolute atomic E-state index is 0.0000556. The maximum absolute atomic E-state index is 12.5. The van der Waals surface area contributed by atoms with Gasteiger partial charge in [-0.05, 0) is 32.1 Å². The van der Waals surface area contributed by atoms with Gasteiger partial charge in [-0.25, -0.2) is 0 Å². The summed E-state index contributed by atoms with van der Waals surface area (Å²) in [5, 5.41) is 19.2. The summed E-state index contributed by atoms with van der Waals surface area (Å²) in [6, 6.07) is 0. The Kier molecular flexibility index (Phi) is 50.3. The highest BCUT2D eigenvalue weighted by Crippen LogP contribution is 2.25. The molecule has 2 N–H and O–H groups in total. The molecule has 1 fully saturated rings. The first-order chi connectivity index (χ1) is 34.1. The van der Waals surface area contributed by atoms with Crippen molar-refractivity contribution in [3.63, 3.8) is 0 Å². The van der Waals surface area contributed by atoms with Crippen molar-refractivity contribution in [3.8, 4) is 0 Å². The van der Waals surface area contributed by atoms with Gasteiger partial charge in [-0.1, -0.05) is 314 Å². The van der Waals surface area contributed by atoms with Crippen LogP contribution in [0.4, 0.5) is 0 Å². The smallest absolute Gasteiger partial charge is 0.309 e. The number of esters is 2. The second kappa shape index (κ2) is 52.9. The maximum atomic E-state index is 12.5. The molecule has 0 saturated carbocycles. The molecule has 6 nitrogen and oxygen atoms in total. The molecule has 69 heavy (non-hydrogen) atoms. The van der Waals surface area contributed by atoms with Crippen molar-refractivity contribution >= 4 is 11.9 Å². The average Bonchev–Trinajstić information content (AvgIpc) is 3.41. The van der Waals surface area contributed by atoms with Gasteiger partial charge < -0.3 is 19.7 Å². The molecule has 6 heteroatoms. The fourth-order valence-electron chi connectivity index (χ4n) is 10.4. The van der Waals surface area contributed by atoms with Crippen molar-refractivity contribution in [2.24, 2.45) is 11.3 Å². The van der Waals surface area contributed by atoms with Gasteiger partial charge in [-0.2, -0.15) is 0 Å². The molecule has 1 atom stereocenters. The fraction of sp³-hybridized carbons (Fsp3) is 0.937. The molecule has 0 radical (unpaired) electrons. The predicted octanol–water partition coefficient (Wildman–Crippen LogP) is 19.5. The third kappa shape index (κ3) is 45.0. The molecular formula is C63H120O6. The third-order valence-electron chi connectivity index (χ3n) is 15.5. The van der Waals surface area contributed by atoms with Crippen molar-refractivity contribution in [3.05, 3.63) is 12.2 Å². The Bertz CT molecular complexity index is 1090. The Morgan fingerprint density at radius 2 is 0.623 bits per heavy atom. The Balaban J connectivity index is 1.69. The van der Waals surface area contributed by atoms with Gasteiger partial charge in [0.2, 0.25) is 0 Å². The number of carbonyl (C=O) groups excluding carboxylic acids is 2. The Labute approximate surface area is 430 Å². The molecular weight excluding hydrogens is 853 g/mol. The number of carbonyl (C=O) groups is 2.